The van der Waals surface area contributed by atoms with Crippen molar-refractivity contribution in [2.75, 3.05) is 39.3 Å². The summed E-state index contributed by atoms with van der Waals surface area (Å²) in [6, 6.07) is 0.572. The fraction of sp³-hybridized carbons (Fsp3) is 0.875. The van der Waals surface area contributed by atoms with E-state index < -0.39 is 0 Å². The van der Waals surface area contributed by atoms with Gasteiger partial charge in [-0.15, -0.1) is 0 Å². The van der Waals surface area contributed by atoms with Crippen LogP contribution in [0.4, 0.5) is 0 Å². The van der Waals surface area contributed by atoms with Gasteiger partial charge in [0.15, 0.2) is 0 Å². The second-order valence-electron chi connectivity index (χ2n) is 6.61. The molecule has 3 aliphatic heterocycles. The van der Waals surface area contributed by atoms with Crippen molar-refractivity contribution in [1.29, 1.82) is 0 Å². The van der Waals surface area contributed by atoms with Crippen LogP contribution in [0, 0.1) is 0 Å². The molecule has 0 aromatic heterocycles. The molecule has 118 valence electrons. The standard InChI is InChI=1S/C16H27N3O2/c20-15-5-4-10-18(15)12-7-16(21)19-11-6-14(13-19)17-8-2-1-3-9-17/h14H,1-13H2/t14-/m0/s1. The summed E-state index contributed by atoms with van der Waals surface area (Å²) in [5.41, 5.74) is 0. The number of nitrogens with zero attached hydrogens (tertiary/aromatic N) is 3. The Morgan fingerprint density at radius 1 is 1.05 bits per heavy atom. The van der Waals surface area contributed by atoms with Gasteiger partial charge in [0, 0.05) is 45.1 Å². The quantitative estimate of drug-likeness (QED) is 0.779. The Bertz CT molecular complexity index is 393. The fourth-order valence-corrected chi connectivity index (χ4v) is 3.88. The van der Waals surface area contributed by atoms with Gasteiger partial charge >= 0.3 is 0 Å². The van der Waals surface area contributed by atoms with Crippen molar-refractivity contribution in [2.24, 2.45) is 0 Å². The van der Waals surface area contributed by atoms with Crippen molar-refractivity contribution in [3.8, 4) is 0 Å². The minimum atomic E-state index is 0.218. The van der Waals surface area contributed by atoms with E-state index in [2.05, 4.69) is 4.90 Å². The number of piperidine rings is 1. The third kappa shape index (κ3) is 3.57. The third-order valence-corrected chi connectivity index (χ3v) is 5.19. The summed E-state index contributed by atoms with van der Waals surface area (Å²) in [6.45, 7) is 5.65. The van der Waals surface area contributed by atoms with Gasteiger partial charge in [-0.3, -0.25) is 14.5 Å². The summed E-state index contributed by atoms with van der Waals surface area (Å²) in [5.74, 6) is 0.449. The van der Waals surface area contributed by atoms with Crippen LogP contribution in [0.15, 0.2) is 0 Å². The van der Waals surface area contributed by atoms with Crippen LogP contribution in [0.1, 0.15) is 44.9 Å². The average molecular weight is 293 g/mol. The maximum Gasteiger partial charge on any atom is 0.224 e. The lowest BCUT2D eigenvalue weighted by Gasteiger charge is -2.32. The molecule has 0 aliphatic carbocycles. The summed E-state index contributed by atoms with van der Waals surface area (Å²) in [5, 5.41) is 0. The van der Waals surface area contributed by atoms with Crippen LogP contribution in [0.3, 0.4) is 0 Å². The first-order valence-electron chi connectivity index (χ1n) is 8.53. The predicted octanol–water partition coefficient (Wildman–Crippen LogP) is 1.09. The predicted molar refractivity (Wildman–Crippen MR) is 80.8 cm³/mol. The SMILES string of the molecule is O=C1CCCN1CCC(=O)N1CC[C@H](N2CCCCC2)C1. The number of hydrogen-bond donors (Lipinski definition) is 0. The molecule has 3 saturated heterocycles. The zero-order valence-electron chi connectivity index (χ0n) is 12.9. The molecule has 0 bridgehead atoms. The smallest absolute Gasteiger partial charge is 0.224 e. The highest BCUT2D eigenvalue weighted by Crippen LogP contribution is 2.21. The van der Waals surface area contributed by atoms with Crippen LogP contribution in [0.25, 0.3) is 0 Å². The van der Waals surface area contributed by atoms with Crippen LogP contribution in [0.5, 0.6) is 0 Å². The highest BCUT2D eigenvalue weighted by molar-refractivity contribution is 5.80. The molecule has 0 aromatic carbocycles. The molecular formula is C16H27N3O2. The second kappa shape index (κ2) is 6.77. The molecule has 21 heavy (non-hydrogen) atoms. The molecule has 3 fully saturated rings. The molecule has 0 saturated carbocycles. The van der Waals surface area contributed by atoms with Gasteiger partial charge in [-0.25, -0.2) is 0 Å². The van der Waals surface area contributed by atoms with E-state index in [0.717, 1.165) is 32.5 Å². The summed E-state index contributed by atoms with van der Waals surface area (Å²) in [6.07, 6.45) is 7.20. The van der Waals surface area contributed by atoms with Crippen molar-refractivity contribution in [3.05, 3.63) is 0 Å². The maximum atomic E-state index is 12.3. The van der Waals surface area contributed by atoms with Gasteiger partial charge in [0.1, 0.15) is 0 Å². The topological polar surface area (TPSA) is 43.9 Å². The monoisotopic (exact) mass is 293 g/mol. The molecule has 3 heterocycles. The van der Waals surface area contributed by atoms with E-state index in [1.165, 1.54) is 32.4 Å². The van der Waals surface area contributed by atoms with E-state index in [0.29, 0.717) is 25.4 Å². The molecular weight excluding hydrogens is 266 g/mol. The number of rotatable bonds is 4. The van der Waals surface area contributed by atoms with Gasteiger partial charge in [0.25, 0.3) is 0 Å². The number of carbonyl (C=O) groups excluding carboxylic acids is 2. The molecule has 5 nitrogen and oxygen atoms in total. The molecule has 5 heteroatoms. The van der Waals surface area contributed by atoms with Gasteiger partial charge in [-0.05, 0) is 38.8 Å². The molecule has 0 spiro atoms. The molecule has 0 radical (unpaired) electrons. The first-order valence-corrected chi connectivity index (χ1v) is 8.53. The van der Waals surface area contributed by atoms with Crippen LogP contribution in [-0.4, -0.2) is 71.8 Å². The van der Waals surface area contributed by atoms with Crippen molar-refractivity contribution in [3.63, 3.8) is 0 Å². The minimum absolute atomic E-state index is 0.218. The molecule has 0 unspecified atom stereocenters. The van der Waals surface area contributed by atoms with Crippen LogP contribution in [0.2, 0.25) is 0 Å². The first kappa shape index (κ1) is 14.8. The summed E-state index contributed by atoms with van der Waals surface area (Å²) < 4.78 is 0. The van der Waals surface area contributed by atoms with Gasteiger partial charge < -0.3 is 9.80 Å². The highest BCUT2D eigenvalue weighted by atomic mass is 16.2. The summed E-state index contributed by atoms with van der Waals surface area (Å²) in [4.78, 5) is 30.3. The molecule has 1 atom stereocenters. The van der Waals surface area contributed by atoms with Crippen LogP contribution < -0.4 is 0 Å². The van der Waals surface area contributed by atoms with Crippen molar-refractivity contribution in [2.45, 2.75) is 51.0 Å². The van der Waals surface area contributed by atoms with Gasteiger partial charge in [-0.2, -0.15) is 0 Å². The van der Waals surface area contributed by atoms with Gasteiger partial charge in [-0.1, -0.05) is 6.42 Å². The van der Waals surface area contributed by atoms with Crippen molar-refractivity contribution >= 4 is 11.8 Å². The fourth-order valence-electron chi connectivity index (χ4n) is 3.88. The normalized spacial score (nSPS) is 27.6. The third-order valence-electron chi connectivity index (χ3n) is 5.19. The Labute approximate surface area is 127 Å². The van der Waals surface area contributed by atoms with Gasteiger partial charge in [0.05, 0.1) is 0 Å². The molecule has 0 N–H and O–H groups in total. The maximum absolute atomic E-state index is 12.3. The lowest BCUT2D eigenvalue weighted by Crippen LogP contribution is -2.42. The molecule has 2 amide bonds. The summed E-state index contributed by atoms with van der Waals surface area (Å²) in [7, 11) is 0. The Hall–Kier alpha value is -1.10. The number of amides is 2. The lowest BCUT2D eigenvalue weighted by atomic mass is 10.1. The van der Waals surface area contributed by atoms with E-state index in [1.54, 1.807) is 0 Å². The van der Waals surface area contributed by atoms with E-state index in [1.807, 2.05) is 9.80 Å². The minimum Gasteiger partial charge on any atom is -0.342 e. The largest absolute Gasteiger partial charge is 0.342 e. The van der Waals surface area contributed by atoms with Crippen LogP contribution >= 0.6 is 0 Å². The average Bonchev–Trinajstić information content (AvgIpc) is 3.15. The zero-order chi connectivity index (χ0) is 14.7. The highest BCUT2D eigenvalue weighted by Gasteiger charge is 2.31. The summed E-state index contributed by atoms with van der Waals surface area (Å²) >= 11 is 0. The first-order chi connectivity index (χ1) is 10.2. The lowest BCUT2D eigenvalue weighted by molar-refractivity contribution is -0.132. The molecule has 3 aliphatic rings. The zero-order valence-corrected chi connectivity index (χ0v) is 12.9. The van der Waals surface area contributed by atoms with E-state index >= 15 is 0 Å². The van der Waals surface area contributed by atoms with E-state index in [4.69, 9.17) is 0 Å². The Morgan fingerprint density at radius 3 is 2.57 bits per heavy atom. The van der Waals surface area contributed by atoms with Crippen molar-refractivity contribution < 1.29 is 9.59 Å². The number of hydrogen-bond acceptors (Lipinski definition) is 3. The Balaban J connectivity index is 1.42. The molecule has 0 aromatic rings. The number of likely N-dealkylation sites (tertiary alicyclic amines) is 3. The Kier molecular flexibility index (Phi) is 4.78. The van der Waals surface area contributed by atoms with Crippen molar-refractivity contribution in [1.82, 2.24) is 14.7 Å². The van der Waals surface area contributed by atoms with E-state index in [9.17, 15) is 9.59 Å². The van der Waals surface area contributed by atoms with E-state index in [-0.39, 0.29) is 11.8 Å². The number of carbonyl (C=O) groups is 2. The van der Waals surface area contributed by atoms with Gasteiger partial charge in [0.2, 0.25) is 11.8 Å². The Morgan fingerprint density at radius 2 is 1.86 bits per heavy atom. The second-order valence-corrected chi connectivity index (χ2v) is 6.61. The molecule has 3 rings (SSSR count). The van der Waals surface area contributed by atoms with Crippen LogP contribution in [-0.2, 0) is 9.59 Å².